The van der Waals surface area contributed by atoms with Gasteiger partial charge in [0.2, 0.25) is 0 Å². The molecule has 0 aliphatic carbocycles. The number of nitrogens with one attached hydrogen (secondary N) is 2. The van der Waals surface area contributed by atoms with Crippen molar-refractivity contribution in [3.8, 4) is 17.2 Å². The van der Waals surface area contributed by atoms with Crippen molar-refractivity contribution in [1.29, 1.82) is 0 Å². The summed E-state index contributed by atoms with van der Waals surface area (Å²) in [5.74, 6) is 2.02. The lowest BCUT2D eigenvalue weighted by Gasteiger charge is -2.17. The Labute approximate surface area is 154 Å². The maximum Gasteiger partial charge on any atom is 0.317 e. The average molecular weight is 358 g/mol. The van der Waals surface area contributed by atoms with E-state index in [4.69, 9.17) is 14.2 Å². The van der Waals surface area contributed by atoms with E-state index in [1.54, 1.807) is 14.2 Å². The summed E-state index contributed by atoms with van der Waals surface area (Å²) in [7, 11) is 3.17. The Hall–Kier alpha value is -2.89. The van der Waals surface area contributed by atoms with Gasteiger partial charge in [-0.2, -0.15) is 0 Å². The van der Waals surface area contributed by atoms with E-state index in [1.807, 2.05) is 57.2 Å². The largest absolute Gasteiger partial charge is 0.493 e. The summed E-state index contributed by atoms with van der Waals surface area (Å²) in [5, 5.41) is 5.57. The number of rotatable bonds is 7. The molecule has 6 heteroatoms. The zero-order valence-corrected chi connectivity index (χ0v) is 15.9. The summed E-state index contributed by atoms with van der Waals surface area (Å²) < 4.78 is 16.1. The summed E-state index contributed by atoms with van der Waals surface area (Å²) in [5.41, 5.74) is 3.11. The van der Waals surface area contributed by atoms with Crippen LogP contribution < -0.4 is 24.8 Å². The van der Waals surface area contributed by atoms with Crippen molar-refractivity contribution in [2.45, 2.75) is 26.8 Å². The number of carbonyl (C=O) groups excluding carboxylic acids is 1. The lowest BCUT2D eigenvalue weighted by atomic mass is 10.1. The van der Waals surface area contributed by atoms with E-state index in [0.717, 1.165) is 16.9 Å². The van der Waals surface area contributed by atoms with E-state index in [0.29, 0.717) is 11.5 Å². The van der Waals surface area contributed by atoms with Crippen molar-refractivity contribution >= 4 is 6.03 Å². The third-order valence-electron chi connectivity index (χ3n) is 4.05. The third-order valence-corrected chi connectivity index (χ3v) is 4.05. The Morgan fingerprint density at radius 3 is 2.35 bits per heavy atom. The summed E-state index contributed by atoms with van der Waals surface area (Å²) in [4.78, 5) is 12.1. The van der Waals surface area contributed by atoms with Gasteiger partial charge in [0.15, 0.2) is 18.2 Å². The highest BCUT2D eigenvalue weighted by Gasteiger charge is 2.12. The van der Waals surface area contributed by atoms with E-state index in [2.05, 4.69) is 10.6 Å². The number of carbonyl (C=O) groups is 1. The molecule has 2 aromatic rings. The number of urea groups is 1. The van der Waals surface area contributed by atoms with Gasteiger partial charge in [-0.3, -0.25) is 0 Å². The smallest absolute Gasteiger partial charge is 0.317 e. The minimum absolute atomic E-state index is 0.0917. The van der Waals surface area contributed by atoms with Crippen LogP contribution >= 0.6 is 0 Å². The van der Waals surface area contributed by atoms with Crippen molar-refractivity contribution < 1.29 is 19.0 Å². The first kappa shape index (κ1) is 19.4. The van der Waals surface area contributed by atoms with Crippen LogP contribution in [0.1, 0.15) is 29.7 Å². The summed E-state index contributed by atoms with van der Waals surface area (Å²) in [6.45, 7) is 5.99. The number of amides is 2. The molecule has 0 aliphatic rings. The number of aryl methyl sites for hydroxylation is 2. The predicted molar refractivity (Wildman–Crippen MR) is 101 cm³/mol. The molecule has 2 rings (SSSR count). The zero-order chi connectivity index (χ0) is 19.1. The Morgan fingerprint density at radius 2 is 1.69 bits per heavy atom. The minimum Gasteiger partial charge on any atom is -0.493 e. The van der Waals surface area contributed by atoms with E-state index in [1.165, 1.54) is 5.56 Å². The SMILES string of the molecule is COc1ccc(C(C)NC(=O)NCOc2ccc(C)cc2C)cc1OC. The molecule has 26 heavy (non-hydrogen) atoms. The van der Waals surface area contributed by atoms with Gasteiger partial charge in [0, 0.05) is 0 Å². The van der Waals surface area contributed by atoms with Gasteiger partial charge in [0.05, 0.1) is 20.3 Å². The first-order valence-corrected chi connectivity index (χ1v) is 8.41. The molecule has 0 aliphatic heterocycles. The molecule has 2 amide bonds. The van der Waals surface area contributed by atoms with Gasteiger partial charge in [0.1, 0.15) is 5.75 Å². The minimum atomic E-state index is -0.308. The molecule has 0 aromatic heterocycles. The topological polar surface area (TPSA) is 68.8 Å². The summed E-state index contributed by atoms with van der Waals surface area (Å²) in [6.07, 6.45) is 0. The van der Waals surface area contributed by atoms with Crippen LogP contribution in [0.4, 0.5) is 4.79 Å². The monoisotopic (exact) mass is 358 g/mol. The van der Waals surface area contributed by atoms with Crippen LogP contribution in [0.3, 0.4) is 0 Å². The van der Waals surface area contributed by atoms with Crippen molar-refractivity contribution in [2.24, 2.45) is 0 Å². The second kappa shape index (κ2) is 8.99. The second-order valence-electron chi connectivity index (χ2n) is 6.04. The predicted octanol–water partition coefficient (Wildman–Crippen LogP) is 3.72. The molecule has 0 saturated carbocycles. The first-order chi connectivity index (χ1) is 12.4. The second-order valence-corrected chi connectivity index (χ2v) is 6.04. The fraction of sp³-hybridized carbons (Fsp3) is 0.350. The van der Waals surface area contributed by atoms with E-state index >= 15 is 0 Å². The van der Waals surface area contributed by atoms with Crippen molar-refractivity contribution in [3.63, 3.8) is 0 Å². The van der Waals surface area contributed by atoms with Crippen LogP contribution in [0, 0.1) is 13.8 Å². The van der Waals surface area contributed by atoms with Crippen molar-refractivity contribution in [3.05, 3.63) is 53.1 Å². The van der Waals surface area contributed by atoms with Gasteiger partial charge in [-0.25, -0.2) is 4.79 Å². The number of hydrogen-bond donors (Lipinski definition) is 2. The quantitative estimate of drug-likeness (QED) is 0.740. The van der Waals surface area contributed by atoms with Gasteiger partial charge >= 0.3 is 6.03 Å². The maximum atomic E-state index is 12.1. The fourth-order valence-corrected chi connectivity index (χ4v) is 2.59. The van der Waals surface area contributed by atoms with E-state index in [-0.39, 0.29) is 18.8 Å². The summed E-state index contributed by atoms with van der Waals surface area (Å²) >= 11 is 0. The van der Waals surface area contributed by atoms with E-state index < -0.39 is 0 Å². The molecular weight excluding hydrogens is 332 g/mol. The normalized spacial score (nSPS) is 11.4. The Bertz CT molecular complexity index is 761. The number of hydrogen-bond acceptors (Lipinski definition) is 4. The van der Waals surface area contributed by atoms with Gasteiger partial charge in [0.25, 0.3) is 0 Å². The van der Waals surface area contributed by atoms with Crippen LogP contribution in [0.25, 0.3) is 0 Å². The fourth-order valence-electron chi connectivity index (χ4n) is 2.59. The third kappa shape index (κ3) is 5.05. The molecule has 0 spiro atoms. The summed E-state index contributed by atoms with van der Waals surface area (Å²) in [6, 6.07) is 10.9. The highest BCUT2D eigenvalue weighted by Crippen LogP contribution is 2.29. The van der Waals surface area contributed by atoms with Gasteiger partial charge < -0.3 is 24.8 Å². The maximum absolute atomic E-state index is 12.1. The van der Waals surface area contributed by atoms with Crippen LogP contribution in [-0.2, 0) is 0 Å². The van der Waals surface area contributed by atoms with Gasteiger partial charge in [-0.05, 0) is 50.1 Å². The molecule has 6 nitrogen and oxygen atoms in total. The lowest BCUT2D eigenvalue weighted by Crippen LogP contribution is -2.39. The standard InChI is InChI=1S/C20H26N2O4/c1-13-6-8-17(14(2)10-13)26-12-21-20(23)22-15(3)16-7-9-18(24-4)19(11-16)25-5/h6-11,15H,12H2,1-5H3,(H2,21,22,23). The molecule has 140 valence electrons. The van der Waals surface area contributed by atoms with Crippen molar-refractivity contribution in [1.82, 2.24) is 10.6 Å². The van der Waals surface area contributed by atoms with Crippen LogP contribution in [0.15, 0.2) is 36.4 Å². The van der Waals surface area contributed by atoms with Crippen LogP contribution in [0.5, 0.6) is 17.2 Å². The molecule has 2 aromatic carbocycles. The van der Waals surface area contributed by atoms with Crippen LogP contribution in [0.2, 0.25) is 0 Å². The molecular formula is C20H26N2O4. The number of benzene rings is 2. The molecule has 0 heterocycles. The molecule has 0 fully saturated rings. The molecule has 1 unspecified atom stereocenters. The van der Waals surface area contributed by atoms with Crippen molar-refractivity contribution in [2.75, 3.05) is 21.0 Å². The molecule has 0 saturated heterocycles. The highest BCUT2D eigenvalue weighted by molar-refractivity contribution is 5.74. The van der Waals surface area contributed by atoms with Crippen LogP contribution in [-0.4, -0.2) is 27.0 Å². The Balaban J connectivity index is 1.87. The highest BCUT2D eigenvalue weighted by atomic mass is 16.5. The van der Waals surface area contributed by atoms with Gasteiger partial charge in [-0.1, -0.05) is 23.8 Å². The average Bonchev–Trinajstić information content (AvgIpc) is 2.62. The molecule has 0 bridgehead atoms. The lowest BCUT2D eigenvalue weighted by molar-refractivity contribution is 0.221. The molecule has 1 atom stereocenters. The number of methoxy groups -OCH3 is 2. The van der Waals surface area contributed by atoms with Gasteiger partial charge in [-0.15, -0.1) is 0 Å². The Kier molecular flexibility index (Phi) is 6.72. The Morgan fingerprint density at radius 1 is 1.00 bits per heavy atom. The van der Waals surface area contributed by atoms with E-state index in [9.17, 15) is 4.79 Å². The number of ether oxygens (including phenoxy) is 3. The molecule has 0 radical (unpaired) electrons. The first-order valence-electron chi connectivity index (χ1n) is 8.41. The zero-order valence-electron chi connectivity index (χ0n) is 15.9. The molecule has 2 N–H and O–H groups in total.